The van der Waals surface area contributed by atoms with E-state index in [1.54, 1.807) is 11.9 Å². The van der Waals surface area contributed by atoms with Crippen molar-refractivity contribution in [1.29, 1.82) is 0 Å². The molecule has 7 nitrogen and oxygen atoms in total. The Bertz CT molecular complexity index is 564. The molecule has 7 heteroatoms. The fourth-order valence-electron chi connectivity index (χ4n) is 1.71. The summed E-state index contributed by atoms with van der Waals surface area (Å²) in [6, 6.07) is 7.64. The van der Waals surface area contributed by atoms with E-state index in [-0.39, 0.29) is 6.54 Å². The molecule has 0 radical (unpaired) electrons. The van der Waals surface area contributed by atoms with Crippen molar-refractivity contribution in [3.63, 3.8) is 0 Å². The molecular weight excluding hydrogens is 246 g/mol. The largest absolute Gasteiger partial charge is 0.480 e. The van der Waals surface area contributed by atoms with E-state index in [0.717, 1.165) is 11.3 Å². The maximum Gasteiger partial charge on any atom is 0.323 e. The summed E-state index contributed by atoms with van der Waals surface area (Å²) in [7, 11) is 1.67. The highest BCUT2D eigenvalue weighted by Gasteiger charge is 2.14. The summed E-state index contributed by atoms with van der Waals surface area (Å²) in [5.41, 5.74) is 1.94. The lowest BCUT2D eigenvalue weighted by Gasteiger charge is -2.21. The lowest BCUT2D eigenvalue weighted by molar-refractivity contribution is -0.135. The minimum Gasteiger partial charge on any atom is -0.480 e. The van der Waals surface area contributed by atoms with Crippen LogP contribution in [0.4, 0.5) is 5.69 Å². The van der Waals surface area contributed by atoms with Crippen molar-refractivity contribution < 1.29 is 9.90 Å². The maximum absolute atomic E-state index is 10.9. The summed E-state index contributed by atoms with van der Waals surface area (Å²) in [6.45, 7) is 2.18. The van der Waals surface area contributed by atoms with Crippen LogP contribution >= 0.6 is 0 Å². The molecule has 100 valence electrons. The van der Waals surface area contributed by atoms with Gasteiger partial charge in [0.1, 0.15) is 6.54 Å². The van der Waals surface area contributed by atoms with E-state index >= 15 is 0 Å². The van der Waals surface area contributed by atoms with E-state index in [9.17, 15) is 4.79 Å². The van der Waals surface area contributed by atoms with Gasteiger partial charge in [-0.2, -0.15) is 4.80 Å². The minimum atomic E-state index is -0.899. The molecular formula is C12H15N5O2. The van der Waals surface area contributed by atoms with E-state index in [0.29, 0.717) is 12.4 Å². The maximum atomic E-state index is 10.9. The number of carboxylic acids is 1. The van der Waals surface area contributed by atoms with E-state index in [2.05, 4.69) is 15.4 Å². The van der Waals surface area contributed by atoms with Crippen LogP contribution < -0.4 is 4.90 Å². The molecule has 19 heavy (non-hydrogen) atoms. The summed E-state index contributed by atoms with van der Waals surface area (Å²) < 4.78 is 0. The number of tetrazole rings is 1. The lowest BCUT2D eigenvalue weighted by atomic mass is 10.2. The van der Waals surface area contributed by atoms with Crippen molar-refractivity contribution in [2.45, 2.75) is 13.5 Å². The topological polar surface area (TPSA) is 84.1 Å². The van der Waals surface area contributed by atoms with Crippen LogP contribution in [0.25, 0.3) is 0 Å². The zero-order valence-corrected chi connectivity index (χ0v) is 10.8. The highest BCUT2D eigenvalue weighted by atomic mass is 16.4. The highest BCUT2D eigenvalue weighted by Crippen LogP contribution is 2.16. The van der Waals surface area contributed by atoms with Crippen LogP contribution in [0.15, 0.2) is 24.3 Å². The first-order valence-corrected chi connectivity index (χ1v) is 5.81. The standard InChI is InChI=1S/C12H15N5O2/c1-9-3-5-10(6-4-9)17(8-12(18)19)7-11-13-15-16(2)14-11/h3-6H,7-8H2,1-2H3,(H,18,19). The molecule has 0 saturated heterocycles. The van der Waals surface area contributed by atoms with Crippen LogP contribution in [0, 0.1) is 6.92 Å². The van der Waals surface area contributed by atoms with Gasteiger partial charge in [-0.05, 0) is 24.3 Å². The van der Waals surface area contributed by atoms with Gasteiger partial charge in [0.15, 0.2) is 5.82 Å². The van der Waals surface area contributed by atoms with Gasteiger partial charge in [-0.25, -0.2) is 0 Å². The van der Waals surface area contributed by atoms with Gasteiger partial charge in [0.2, 0.25) is 0 Å². The molecule has 0 aliphatic heterocycles. The number of carboxylic acid groups (broad SMARTS) is 1. The Morgan fingerprint density at radius 2 is 2.05 bits per heavy atom. The van der Waals surface area contributed by atoms with Crippen molar-refractivity contribution >= 4 is 11.7 Å². The van der Waals surface area contributed by atoms with Gasteiger partial charge in [0.25, 0.3) is 0 Å². The number of carbonyl (C=O) groups is 1. The predicted octanol–water partition coefficient (Wildman–Crippen LogP) is 0.610. The Labute approximate surface area is 110 Å². The summed E-state index contributed by atoms with van der Waals surface area (Å²) in [4.78, 5) is 14.0. The number of rotatable bonds is 5. The Kier molecular flexibility index (Phi) is 3.74. The normalized spacial score (nSPS) is 10.4. The summed E-state index contributed by atoms with van der Waals surface area (Å²) in [5.74, 6) is -0.409. The Morgan fingerprint density at radius 3 is 2.58 bits per heavy atom. The van der Waals surface area contributed by atoms with Crippen LogP contribution in [-0.2, 0) is 18.4 Å². The monoisotopic (exact) mass is 261 g/mol. The molecule has 0 saturated carbocycles. The molecule has 0 aliphatic rings. The molecule has 0 aliphatic carbocycles. The number of anilines is 1. The molecule has 1 aromatic carbocycles. The Hall–Kier alpha value is -2.44. The van der Waals surface area contributed by atoms with Gasteiger partial charge >= 0.3 is 5.97 Å². The fraction of sp³-hybridized carbons (Fsp3) is 0.333. The van der Waals surface area contributed by atoms with Gasteiger partial charge in [-0.1, -0.05) is 17.7 Å². The molecule has 0 amide bonds. The molecule has 2 aromatic rings. The van der Waals surface area contributed by atoms with Crippen molar-refractivity contribution in [3.8, 4) is 0 Å². The van der Waals surface area contributed by atoms with E-state index in [1.807, 2.05) is 31.2 Å². The minimum absolute atomic E-state index is 0.110. The summed E-state index contributed by atoms with van der Waals surface area (Å²) in [5, 5.41) is 20.7. The molecule has 0 atom stereocenters. The van der Waals surface area contributed by atoms with Crippen LogP contribution in [0.2, 0.25) is 0 Å². The third-order valence-corrected chi connectivity index (χ3v) is 2.61. The highest BCUT2D eigenvalue weighted by molar-refractivity contribution is 5.73. The zero-order valence-electron chi connectivity index (χ0n) is 10.8. The average molecular weight is 261 g/mol. The molecule has 0 unspecified atom stereocenters. The number of aryl methyl sites for hydroxylation is 2. The number of hydrogen-bond acceptors (Lipinski definition) is 5. The van der Waals surface area contributed by atoms with Crippen LogP contribution in [0.3, 0.4) is 0 Å². The van der Waals surface area contributed by atoms with E-state index in [4.69, 9.17) is 5.11 Å². The van der Waals surface area contributed by atoms with Crippen molar-refractivity contribution in [2.75, 3.05) is 11.4 Å². The fourth-order valence-corrected chi connectivity index (χ4v) is 1.71. The van der Waals surface area contributed by atoms with Crippen molar-refractivity contribution in [3.05, 3.63) is 35.7 Å². The number of benzene rings is 1. The van der Waals surface area contributed by atoms with Crippen molar-refractivity contribution in [1.82, 2.24) is 20.2 Å². The second-order valence-corrected chi connectivity index (χ2v) is 4.28. The van der Waals surface area contributed by atoms with Crippen molar-refractivity contribution in [2.24, 2.45) is 7.05 Å². The quantitative estimate of drug-likeness (QED) is 0.849. The second-order valence-electron chi connectivity index (χ2n) is 4.28. The Balaban J connectivity index is 2.20. The first kappa shape index (κ1) is 13.0. The summed E-state index contributed by atoms with van der Waals surface area (Å²) in [6.07, 6.45) is 0. The Morgan fingerprint density at radius 1 is 1.37 bits per heavy atom. The summed E-state index contributed by atoms with van der Waals surface area (Å²) >= 11 is 0. The molecule has 1 aromatic heterocycles. The van der Waals surface area contributed by atoms with Gasteiger partial charge in [-0.15, -0.1) is 10.2 Å². The van der Waals surface area contributed by atoms with E-state index < -0.39 is 5.97 Å². The number of hydrogen-bond donors (Lipinski definition) is 1. The van der Waals surface area contributed by atoms with Gasteiger partial charge < -0.3 is 10.0 Å². The SMILES string of the molecule is Cc1ccc(N(CC(=O)O)Cc2nnn(C)n2)cc1. The third kappa shape index (κ3) is 3.51. The number of aromatic nitrogens is 4. The average Bonchev–Trinajstić information content (AvgIpc) is 2.74. The molecule has 2 rings (SSSR count). The predicted molar refractivity (Wildman–Crippen MR) is 68.7 cm³/mol. The molecule has 1 heterocycles. The van der Waals surface area contributed by atoms with Gasteiger partial charge in [0.05, 0.1) is 13.6 Å². The molecule has 1 N–H and O–H groups in total. The molecule has 0 spiro atoms. The van der Waals surface area contributed by atoms with Gasteiger partial charge in [0, 0.05) is 5.69 Å². The molecule has 0 fully saturated rings. The zero-order chi connectivity index (χ0) is 13.8. The van der Waals surface area contributed by atoms with E-state index in [1.165, 1.54) is 4.80 Å². The lowest BCUT2D eigenvalue weighted by Crippen LogP contribution is -2.29. The third-order valence-electron chi connectivity index (χ3n) is 2.61. The van der Waals surface area contributed by atoms with Crippen LogP contribution in [0.1, 0.15) is 11.4 Å². The van der Waals surface area contributed by atoms with Gasteiger partial charge in [-0.3, -0.25) is 4.79 Å². The van der Waals surface area contributed by atoms with Crippen LogP contribution in [0.5, 0.6) is 0 Å². The second kappa shape index (κ2) is 5.47. The first-order valence-electron chi connectivity index (χ1n) is 5.81. The number of nitrogens with zero attached hydrogens (tertiary/aromatic N) is 5. The smallest absolute Gasteiger partial charge is 0.323 e. The first-order chi connectivity index (χ1) is 9.04. The molecule has 0 bridgehead atoms. The number of aliphatic carboxylic acids is 1. The van der Waals surface area contributed by atoms with Crippen LogP contribution in [-0.4, -0.2) is 37.8 Å².